The summed E-state index contributed by atoms with van der Waals surface area (Å²) in [4.78, 5) is 14.9. The van der Waals surface area contributed by atoms with Crippen molar-refractivity contribution >= 4 is 17.5 Å². The van der Waals surface area contributed by atoms with Crippen molar-refractivity contribution in [1.82, 2.24) is 4.90 Å². The summed E-state index contributed by atoms with van der Waals surface area (Å²) in [6, 6.07) is 9.88. The number of halogens is 2. The topological polar surface area (TPSA) is 60.8 Å². The smallest absolute Gasteiger partial charge is 0.228 e. The molecule has 2 aromatic carbocycles. The van der Waals surface area contributed by atoms with Gasteiger partial charge in [0.1, 0.15) is 5.82 Å². The fraction of sp³-hybridized carbons (Fsp3) is 0.480. The SMILES string of the molecule is C[C@H]1c2cccc(C3CC3C(C)(C)O)c2C[C@H](CO)N1C(=O)Cc1c(F)cccc1Cl. The van der Waals surface area contributed by atoms with Crippen LogP contribution in [0.1, 0.15) is 61.4 Å². The van der Waals surface area contributed by atoms with Crippen molar-refractivity contribution in [2.75, 3.05) is 6.61 Å². The fourth-order valence-corrected chi connectivity index (χ4v) is 5.46. The Morgan fingerprint density at radius 3 is 2.52 bits per heavy atom. The second-order valence-corrected chi connectivity index (χ2v) is 9.82. The fourth-order valence-electron chi connectivity index (χ4n) is 5.23. The first-order chi connectivity index (χ1) is 14.6. The first-order valence-electron chi connectivity index (χ1n) is 10.8. The summed E-state index contributed by atoms with van der Waals surface area (Å²) in [7, 11) is 0. The minimum absolute atomic E-state index is 0.148. The summed E-state index contributed by atoms with van der Waals surface area (Å²) in [6.45, 7) is 5.47. The molecule has 2 unspecified atom stereocenters. The highest BCUT2D eigenvalue weighted by molar-refractivity contribution is 6.31. The molecule has 31 heavy (non-hydrogen) atoms. The number of carbonyl (C=O) groups excluding carboxylic acids is 1. The van der Waals surface area contributed by atoms with Crippen LogP contribution in [0.5, 0.6) is 0 Å². The van der Waals surface area contributed by atoms with E-state index in [0.717, 1.165) is 12.0 Å². The molecule has 2 N–H and O–H groups in total. The number of aliphatic hydroxyl groups excluding tert-OH is 1. The minimum Gasteiger partial charge on any atom is -0.394 e. The molecule has 2 aromatic rings. The third-order valence-electron chi connectivity index (χ3n) is 6.93. The Hall–Kier alpha value is -1.95. The van der Waals surface area contributed by atoms with Gasteiger partial charge in [0, 0.05) is 10.6 Å². The minimum atomic E-state index is -0.731. The normalized spacial score (nSPS) is 25.3. The van der Waals surface area contributed by atoms with Crippen LogP contribution in [-0.4, -0.2) is 39.3 Å². The molecule has 4 nitrogen and oxygen atoms in total. The Morgan fingerprint density at radius 2 is 1.90 bits per heavy atom. The van der Waals surface area contributed by atoms with Crippen LogP contribution in [0.15, 0.2) is 36.4 Å². The molecule has 6 heteroatoms. The summed E-state index contributed by atoms with van der Waals surface area (Å²) in [6.07, 6.45) is 1.33. The average molecular weight is 446 g/mol. The summed E-state index contributed by atoms with van der Waals surface area (Å²) in [5.41, 5.74) is 2.88. The molecular weight excluding hydrogens is 417 g/mol. The Balaban J connectivity index is 1.64. The van der Waals surface area contributed by atoms with Gasteiger partial charge in [0.2, 0.25) is 5.91 Å². The molecule has 0 saturated heterocycles. The molecule has 0 radical (unpaired) electrons. The van der Waals surface area contributed by atoms with Crippen LogP contribution in [0, 0.1) is 11.7 Å². The molecule has 4 atom stereocenters. The van der Waals surface area contributed by atoms with Gasteiger partial charge in [-0.2, -0.15) is 0 Å². The predicted octanol–water partition coefficient (Wildman–Crippen LogP) is 4.40. The number of carbonyl (C=O) groups is 1. The van der Waals surface area contributed by atoms with Gasteiger partial charge in [0.25, 0.3) is 0 Å². The molecule has 1 amide bonds. The zero-order chi connectivity index (χ0) is 22.5. The maximum absolute atomic E-state index is 14.2. The van der Waals surface area contributed by atoms with Crippen LogP contribution in [0.4, 0.5) is 4.39 Å². The Kier molecular flexibility index (Phi) is 5.88. The third-order valence-corrected chi connectivity index (χ3v) is 7.29. The zero-order valence-electron chi connectivity index (χ0n) is 18.1. The highest BCUT2D eigenvalue weighted by Crippen LogP contribution is 2.55. The molecular formula is C25H29ClFNO3. The van der Waals surface area contributed by atoms with Crippen LogP contribution in [-0.2, 0) is 17.6 Å². The molecule has 166 valence electrons. The lowest BCUT2D eigenvalue weighted by molar-refractivity contribution is -0.137. The van der Waals surface area contributed by atoms with Gasteiger partial charge in [-0.15, -0.1) is 0 Å². The molecule has 1 aliphatic carbocycles. The largest absolute Gasteiger partial charge is 0.394 e. The van der Waals surface area contributed by atoms with Gasteiger partial charge in [0.15, 0.2) is 0 Å². The number of rotatable bonds is 5. The highest BCUT2D eigenvalue weighted by Gasteiger charge is 2.49. The van der Waals surface area contributed by atoms with E-state index >= 15 is 0 Å². The van der Waals surface area contributed by atoms with Gasteiger partial charge >= 0.3 is 0 Å². The lowest BCUT2D eigenvalue weighted by Gasteiger charge is -2.42. The standard InChI is InChI=1S/C25H29ClFNO3/c1-14-16-6-4-7-17(19-11-21(19)25(2,3)31)18(16)10-15(13-29)28(14)24(30)12-20-22(26)8-5-9-23(20)27/h4-9,14-15,19,21,29,31H,10-13H2,1-3H3/t14-,15+,19?,21?/m0/s1. The van der Waals surface area contributed by atoms with Crippen LogP contribution in [0.2, 0.25) is 5.02 Å². The van der Waals surface area contributed by atoms with Crippen molar-refractivity contribution in [2.45, 2.75) is 63.6 Å². The zero-order valence-corrected chi connectivity index (χ0v) is 18.9. The number of fused-ring (bicyclic) bond motifs is 1. The Morgan fingerprint density at radius 1 is 1.23 bits per heavy atom. The molecule has 1 heterocycles. The monoisotopic (exact) mass is 445 g/mol. The molecule has 0 bridgehead atoms. The molecule has 2 aliphatic rings. The van der Waals surface area contributed by atoms with E-state index in [-0.39, 0.29) is 47.5 Å². The van der Waals surface area contributed by atoms with Crippen molar-refractivity contribution in [1.29, 1.82) is 0 Å². The number of amides is 1. The number of aliphatic hydroxyl groups is 2. The van der Waals surface area contributed by atoms with Crippen LogP contribution >= 0.6 is 11.6 Å². The molecule has 0 spiro atoms. The average Bonchev–Trinajstić information content (AvgIpc) is 3.51. The first kappa shape index (κ1) is 22.3. The van der Waals surface area contributed by atoms with E-state index in [1.807, 2.05) is 32.9 Å². The van der Waals surface area contributed by atoms with Crippen LogP contribution < -0.4 is 0 Å². The van der Waals surface area contributed by atoms with E-state index in [1.54, 1.807) is 11.0 Å². The number of nitrogens with zero attached hydrogens (tertiary/aromatic N) is 1. The maximum Gasteiger partial charge on any atom is 0.228 e. The van der Waals surface area contributed by atoms with E-state index in [2.05, 4.69) is 6.07 Å². The molecule has 0 aromatic heterocycles. The molecule has 1 aliphatic heterocycles. The van der Waals surface area contributed by atoms with Crippen molar-refractivity contribution in [2.24, 2.45) is 5.92 Å². The van der Waals surface area contributed by atoms with E-state index < -0.39 is 11.4 Å². The van der Waals surface area contributed by atoms with Crippen LogP contribution in [0.25, 0.3) is 0 Å². The van der Waals surface area contributed by atoms with Gasteiger partial charge < -0.3 is 15.1 Å². The van der Waals surface area contributed by atoms with E-state index in [1.165, 1.54) is 23.3 Å². The van der Waals surface area contributed by atoms with Gasteiger partial charge in [-0.25, -0.2) is 4.39 Å². The maximum atomic E-state index is 14.2. The summed E-state index contributed by atoms with van der Waals surface area (Å²) in [5.74, 6) is -0.249. The van der Waals surface area contributed by atoms with Gasteiger partial charge in [-0.1, -0.05) is 35.9 Å². The summed E-state index contributed by atoms with van der Waals surface area (Å²) in [5, 5.41) is 20.8. The van der Waals surface area contributed by atoms with E-state index in [0.29, 0.717) is 12.3 Å². The quantitative estimate of drug-likeness (QED) is 0.717. The van der Waals surface area contributed by atoms with Gasteiger partial charge in [-0.05, 0) is 74.3 Å². The third kappa shape index (κ3) is 4.11. The van der Waals surface area contributed by atoms with E-state index in [4.69, 9.17) is 11.6 Å². The number of hydrogen-bond acceptors (Lipinski definition) is 3. The summed E-state index contributed by atoms with van der Waals surface area (Å²) >= 11 is 6.13. The van der Waals surface area contributed by atoms with Gasteiger partial charge in [0.05, 0.1) is 30.7 Å². The second kappa shape index (κ2) is 8.19. The van der Waals surface area contributed by atoms with Crippen molar-refractivity contribution in [3.05, 3.63) is 69.5 Å². The lowest BCUT2D eigenvalue weighted by Crippen LogP contribution is -2.49. The van der Waals surface area contributed by atoms with Gasteiger partial charge in [-0.3, -0.25) is 4.79 Å². The molecule has 4 rings (SSSR count). The Labute approximate surface area is 187 Å². The van der Waals surface area contributed by atoms with E-state index in [9.17, 15) is 19.4 Å². The predicted molar refractivity (Wildman–Crippen MR) is 119 cm³/mol. The van der Waals surface area contributed by atoms with Crippen molar-refractivity contribution in [3.8, 4) is 0 Å². The second-order valence-electron chi connectivity index (χ2n) is 9.41. The Bertz CT molecular complexity index is 982. The summed E-state index contributed by atoms with van der Waals surface area (Å²) < 4.78 is 14.2. The van der Waals surface area contributed by atoms with Crippen molar-refractivity contribution in [3.63, 3.8) is 0 Å². The van der Waals surface area contributed by atoms with Crippen LogP contribution in [0.3, 0.4) is 0 Å². The van der Waals surface area contributed by atoms with Crippen molar-refractivity contribution < 1.29 is 19.4 Å². The first-order valence-corrected chi connectivity index (χ1v) is 11.2. The molecule has 1 saturated carbocycles. The lowest BCUT2D eigenvalue weighted by atomic mass is 9.83. The molecule has 1 fully saturated rings. The number of benzene rings is 2. The highest BCUT2D eigenvalue weighted by atomic mass is 35.5. The number of hydrogen-bond donors (Lipinski definition) is 2.